The van der Waals surface area contributed by atoms with Crippen molar-refractivity contribution in [2.45, 2.75) is 0 Å². The highest BCUT2D eigenvalue weighted by atomic mass is 31.3. The first-order valence-corrected chi connectivity index (χ1v) is 18.2. The Morgan fingerprint density at radius 1 is 0.265 bits per heavy atom. The lowest BCUT2D eigenvalue weighted by Crippen LogP contribution is -1.95. The molecule has 0 aliphatic rings. The molecule has 0 radical (unpaired) electrons. The van der Waals surface area contributed by atoms with Gasteiger partial charge in [0.1, 0.15) is 0 Å². The van der Waals surface area contributed by atoms with Crippen molar-refractivity contribution < 1.29 is 121 Å². The summed E-state index contributed by atoms with van der Waals surface area (Å²) in [6.45, 7) is 0. The van der Waals surface area contributed by atoms with Gasteiger partial charge in [0.15, 0.2) is 0 Å². The third-order valence-corrected chi connectivity index (χ3v) is 11.3. The van der Waals surface area contributed by atoms with Gasteiger partial charge in [-0.05, 0) is 0 Å². The minimum atomic E-state index is -5.77. The molecule has 0 spiro atoms. The van der Waals surface area contributed by atoms with Gasteiger partial charge in [0.25, 0.3) is 0 Å². The second kappa shape index (κ2) is 12.3. The minimum absolute atomic E-state index is 3.07. The molecule has 0 heterocycles. The quantitative estimate of drug-likeness (QED) is 0.108. The Labute approximate surface area is 184 Å². The van der Waals surface area contributed by atoms with Gasteiger partial charge >= 0.3 is 62.6 Å². The van der Waals surface area contributed by atoms with Gasteiger partial charge in [-0.3, -0.25) is 0 Å². The Morgan fingerprint density at radius 3 is 0.471 bits per heavy atom. The summed E-state index contributed by atoms with van der Waals surface area (Å²) in [5.74, 6) is 0. The van der Waals surface area contributed by atoms with Crippen LogP contribution in [0.1, 0.15) is 0 Å². The standard InChI is InChI=1S/2H6O13P4/c2*1-14(2,3)11-16(7,8)13-17(9,10)12-15(4,5)6/h2*(H,7,8)(H,9,10)(H2,1,2,3)(H2,4,5,6). The summed E-state index contributed by atoms with van der Waals surface area (Å²) in [4.78, 5) is 98.9. The monoisotopic (exact) mass is 676 g/mol. The molecule has 4 unspecified atom stereocenters. The molecule has 0 aromatic heterocycles. The maximum atomic E-state index is 10.7. The zero-order valence-corrected chi connectivity index (χ0v) is 21.8. The SMILES string of the molecule is O=P(O)(O)OP(=O)(O)OP(=O)(O)OP(=O)(O)O.O=P(O)(O)OP(=O)(O)OP(=O)(O)OP(=O)(O)O. The summed E-state index contributed by atoms with van der Waals surface area (Å²) in [5, 5.41) is 0. The van der Waals surface area contributed by atoms with Crippen LogP contribution in [0.5, 0.6) is 0 Å². The van der Waals surface area contributed by atoms with Gasteiger partial charge in [0, 0.05) is 0 Å². The molecule has 0 fully saturated rings. The van der Waals surface area contributed by atoms with Crippen molar-refractivity contribution >= 4 is 62.6 Å². The molecule has 0 rings (SSSR count). The molecule has 4 atom stereocenters. The van der Waals surface area contributed by atoms with Crippen LogP contribution in [0, 0.1) is 0 Å². The van der Waals surface area contributed by atoms with Crippen molar-refractivity contribution in [3.05, 3.63) is 0 Å². The van der Waals surface area contributed by atoms with Crippen LogP contribution < -0.4 is 0 Å². The normalized spacial score (nSPS) is 20.6. The molecular formula is H12O26P8. The van der Waals surface area contributed by atoms with E-state index in [-0.39, 0.29) is 0 Å². The Morgan fingerprint density at radius 2 is 0.382 bits per heavy atom. The maximum Gasteiger partial charge on any atom is 0.490 e. The largest absolute Gasteiger partial charge is 0.490 e. The molecule has 0 bridgehead atoms. The summed E-state index contributed by atoms with van der Waals surface area (Å²) >= 11 is 0. The van der Waals surface area contributed by atoms with Gasteiger partial charge in [-0.25, -0.2) is 36.5 Å². The second-order valence-corrected chi connectivity index (χ2v) is 15.9. The van der Waals surface area contributed by atoms with Crippen LogP contribution in [0.4, 0.5) is 0 Å². The van der Waals surface area contributed by atoms with Crippen molar-refractivity contribution in [2.75, 3.05) is 0 Å². The van der Waals surface area contributed by atoms with E-state index >= 15 is 0 Å². The summed E-state index contributed by atoms with van der Waals surface area (Å²) in [6.07, 6.45) is 0. The number of rotatable bonds is 12. The summed E-state index contributed by atoms with van der Waals surface area (Å²) in [7, 11) is -45.2. The number of hydrogen-bond acceptors (Lipinski definition) is 14. The van der Waals surface area contributed by atoms with Crippen molar-refractivity contribution in [3.63, 3.8) is 0 Å². The zero-order valence-electron chi connectivity index (χ0n) is 14.7. The predicted molar refractivity (Wildman–Crippen MR) is 94.0 cm³/mol. The first kappa shape index (κ1) is 37.3. The molecule has 12 N–H and O–H groups in total. The van der Waals surface area contributed by atoms with Crippen LogP contribution in [0.25, 0.3) is 0 Å². The van der Waals surface area contributed by atoms with Gasteiger partial charge in [-0.2, -0.15) is 25.9 Å². The maximum absolute atomic E-state index is 10.7. The van der Waals surface area contributed by atoms with Crippen molar-refractivity contribution in [2.24, 2.45) is 0 Å². The van der Waals surface area contributed by atoms with Crippen LogP contribution in [-0.4, -0.2) is 58.7 Å². The number of hydrogen-bond donors (Lipinski definition) is 12. The van der Waals surface area contributed by atoms with Crippen LogP contribution in [-0.2, 0) is 62.4 Å². The molecule has 0 aliphatic heterocycles. The molecule has 0 saturated heterocycles. The highest BCUT2D eigenvalue weighted by molar-refractivity contribution is 7.70. The topological polar surface area (TPSA) is 435 Å². The van der Waals surface area contributed by atoms with Crippen molar-refractivity contribution in [3.8, 4) is 0 Å². The molecule has 34 heavy (non-hydrogen) atoms. The third kappa shape index (κ3) is 24.8. The first-order valence-electron chi connectivity index (χ1n) is 6.05. The van der Waals surface area contributed by atoms with E-state index in [9.17, 15) is 36.5 Å². The zero-order chi connectivity index (χ0) is 28.2. The van der Waals surface area contributed by atoms with Gasteiger partial charge in [-0.1, -0.05) is 0 Å². The van der Waals surface area contributed by atoms with Crippen molar-refractivity contribution in [1.29, 1.82) is 0 Å². The van der Waals surface area contributed by atoms with E-state index in [4.69, 9.17) is 58.7 Å². The lowest BCUT2D eigenvalue weighted by Gasteiger charge is -2.15. The molecule has 0 amide bonds. The van der Waals surface area contributed by atoms with Crippen LogP contribution in [0.15, 0.2) is 0 Å². The molecular weight excluding hydrogens is 664 g/mol. The Kier molecular flexibility index (Phi) is 13.5. The van der Waals surface area contributed by atoms with E-state index in [2.05, 4.69) is 25.9 Å². The van der Waals surface area contributed by atoms with Gasteiger partial charge < -0.3 is 58.7 Å². The summed E-state index contributed by atoms with van der Waals surface area (Å²) in [6, 6.07) is 0. The van der Waals surface area contributed by atoms with E-state index < -0.39 is 62.6 Å². The molecule has 34 heteroatoms. The lowest BCUT2D eigenvalue weighted by atomic mass is 15.7. The predicted octanol–water partition coefficient (Wildman–Crippen LogP) is -1.16. The Balaban J connectivity index is 0. The van der Waals surface area contributed by atoms with Gasteiger partial charge in [-0.15, -0.1) is 0 Å². The van der Waals surface area contributed by atoms with Crippen LogP contribution in [0.2, 0.25) is 0 Å². The van der Waals surface area contributed by atoms with Crippen LogP contribution in [0.3, 0.4) is 0 Å². The van der Waals surface area contributed by atoms with E-state index in [0.717, 1.165) is 0 Å². The first-order chi connectivity index (χ1) is 14.2. The van der Waals surface area contributed by atoms with Gasteiger partial charge in [0.2, 0.25) is 0 Å². The highest BCUT2D eigenvalue weighted by Gasteiger charge is 2.45. The van der Waals surface area contributed by atoms with Crippen molar-refractivity contribution in [1.82, 2.24) is 0 Å². The molecule has 208 valence electrons. The van der Waals surface area contributed by atoms with Crippen LogP contribution >= 0.6 is 62.6 Å². The van der Waals surface area contributed by atoms with E-state index in [0.29, 0.717) is 0 Å². The van der Waals surface area contributed by atoms with E-state index in [1.54, 1.807) is 0 Å². The Hall–Kier alpha value is 1.12. The summed E-state index contributed by atoms with van der Waals surface area (Å²) < 4.78 is 102. The lowest BCUT2D eigenvalue weighted by molar-refractivity contribution is 0.186. The number of phosphoric acid groups is 8. The second-order valence-electron chi connectivity index (χ2n) is 4.33. The fourth-order valence-corrected chi connectivity index (χ4v) is 8.80. The van der Waals surface area contributed by atoms with Gasteiger partial charge in [0.05, 0.1) is 0 Å². The Bertz CT molecular complexity index is 890. The fourth-order valence-electron chi connectivity index (χ4n) is 0.858. The molecule has 0 aromatic rings. The fraction of sp³-hybridized carbons (Fsp3) is 0. The molecule has 0 aromatic carbocycles. The molecule has 26 nitrogen and oxygen atoms in total. The average Bonchev–Trinajstić information content (AvgIpc) is 2.20. The van der Waals surface area contributed by atoms with E-state index in [1.807, 2.05) is 0 Å². The highest BCUT2D eigenvalue weighted by Crippen LogP contribution is 2.70. The van der Waals surface area contributed by atoms with E-state index in [1.165, 1.54) is 0 Å². The molecule has 0 aliphatic carbocycles. The third-order valence-electron chi connectivity index (χ3n) is 1.25. The average molecular weight is 676 g/mol. The smallest absolute Gasteiger partial charge is 0.302 e. The minimum Gasteiger partial charge on any atom is -0.302 e. The summed E-state index contributed by atoms with van der Waals surface area (Å²) in [5.41, 5.74) is 0. The molecule has 0 saturated carbocycles.